The van der Waals surface area contributed by atoms with Gasteiger partial charge < -0.3 is 5.73 Å². The van der Waals surface area contributed by atoms with Crippen LogP contribution in [0.25, 0.3) is 0 Å². The molecule has 0 aromatic rings. The Hall–Kier alpha value is -0.580. The molecule has 0 aromatic carbocycles. The molecule has 0 radical (unpaired) electrons. The minimum atomic E-state index is -3.11. The van der Waals surface area contributed by atoms with Crippen LogP contribution in [-0.2, 0) is 9.84 Å². The van der Waals surface area contributed by atoms with E-state index in [1.165, 1.54) is 6.26 Å². The zero-order valence-electron chi connectivity index (χ0n) is 10.5. The van der Waals surface area contributed by atoms with Crippen LogP contribution < -0.4 is 5.73 Å². The van der Waals surface area contributed by atoms with Crippen LogP contribution in [0.3, 0.4) is 0 Å². The van der Waals surface area contributed by atoms with Gasteiger partial charge in [0.15, 0.2) is 9.84 Å². The molecule has 0 atom stereocenters. The summed E-state index contributed by atoms with van der Waals surface area (Å²) in [7, 11) is -3.11. The first-order valence-electron chi connectivity index (χ1n) is 4.88. The lowest BCUT2D eigenvalue weighted by Crippen LogP contribution is -2.37. The molecule has 0 aliphatic carbocycles. The van der Waals surface area contributed by atoms with Crippen molar-refractivity contribution in [2.45, 2.75) is 39.4 Å². The molecule has 0 amide bonds. The van der Waals surface area contributed by atoms with Crippen LogP contribution in [0.2, 0.25) is 0 Å². The molecule has 0 saturated heterocycles. The highest BCUT2D eigenvalue weighted by Crippen LogP contribution is 2.18. The van der Waals surface area contributed by atoms with Gasteiger partial charge in [0.25, 0.3) is 0 Å². The van der Waals surface area contributed by atoms with Gasteiger partial charge in [-0.15, -0.1) is 0 Å². The van der Waals surface area contributed by atoms with Crippen molar-refractivity contribution in [3.8, 4) is 0 Å². The Morgan fingerprint density at radius 3 is 1.87 bits per heavy atom. The maximum atomic E-state index is 11.4. The quantitative estimate of drug-likeness (QED) is 0.589. The van der Waals surface area contributed by atoms with Gasteiger partial charge in [-0.1, -0.05) is 20.8 Å². The maximum absolute atomic E-state index is 11.4. The van der Waals surface area contributed by atoms with E-state index in [0.717, 1.165) is 0 Å². The Morgan fingerprint density at radius 2 is 1.60 bits per heavy atom. The largest absolute Gasteiger partial charge is 0.387 e. The van der Waals surface area contributed by atoms with Crippen molar-refractivity contribution in [1.82, 2.24) is 0 Å². The lowest BCUT2D eigenvalue weighted by atomic mass is 9.95. The summed E-state index contributed by atoms with van der Waals surface area (Å²) >= 11 is 0. The molecule has 0 aromatic heterocycles. The molecule has 15 heavy (non-hydrogen) atoms. The van der Waals surface area contributed by atoms with Crippen molar-refractivity contribution in [2.24, 2.45) is 16.1 Å². The fourth-order valence-corrected chi connectivity index (χ4v) is 0.929. The second-order valence-corrected chi connectivity index (χ2v) is 8.13. The molecule has 0 saturated carbocycles. The Balaban J connectivity index is 4.81. The Morgan fingerprint density at radius 1 is 1.20 bits per heavy atom. The molecule has 2 N–H and O–H groups in total. The van der Waals surface area contributed by atoms with Crippen LogP contribution in [0.4, 0.5) is 0 Å². The molecule has 0 rings (SSSR count). The Kier molecular flexibility index (Phi) is 3.96. The number of hydrogen-bond acceptors (Lipinski definition) is 3. The van der Waals surface area contributed by atoms with Crippen LogP contribution in [0.1, 0.15) is 34.6 Å². The molecule has 0 bridgehead atoms. The van der Waals surface area contributed by atoms with Crippen LogP contribution in [0.5, 0.6) is 0 Å². The van der Waals surface area contributed by atoms with Gasteiger partial charge >= 0.3 is 0 Å². The second-order valence-electron chi connectivity index (χ2n) is 5.48. The smallest absolute Gasteiger partial charge is 0.154 e. The third kappa shape index (κ3) is 4.20. The van der Waals surface area contributed by atoms with Crippen LogP contribution in [0.15, 0.2) is 4.99 Å². The molecule has 5 heteroatoms. The first-order chi connectivity index (χ1) is 6.38. The second kappa shape index (κ2) is 4.12. The van der Waals surface area contributed by atoms with Gasteiger partial charge in [-0.25, -0.2) is 8.42 Å². The monoisotopic (exact) mass is 234 g/mol. The number of rotatable bonds is 3. The minimum Gasteiger partial charge on any atom is -0.387 e. The molecule has 0 aliphatic heterocycles. The standard InChI is InChI=1S/C10H22N2O2S/c1-9(2,3)8(11)12-7-10(4,5)15(6,13)14/h7H2,1-6H3,(H2,11,12). The van der Waals surface area contributed by atoms with E-state index in [1.807, 2.05) is 20.8 Å². The summed E-state index contributed by atoms with van der Waals surface area (Å²) in [5.41, 5.74) is 5.54. The molecule has 0 aliphatic rings. The fourth-order valence-electron chi connectivity index (χ4n) is 0.630. The third-order valence-corrected chi connectivity index (χ3v) is 4.54. The average Bonchev–Trinajstić information content (AvgIpc) is 1.96. The van der Waals surface area contributed by atoms with Gasteiger partial charge in [-0.05, 0) is 13.8 Å². The van der Waals surface area contributed by atoms with Crippen molar-refractivity contribution in [3.05, 3.63) is 0 Å². The van der Waals surface area contributed by atoms with Crippen LogP contribution in [0, 0.1) is 5.41 Å². The van der Waals surface area contributed by atoms with Gasteiger partial charge in [-0.3, -0.25) is 4.99 Å². The van der Waals surface area contributed by atoms with Crippen LogP contribution in [-0.4, -0.2) is 31.8 Å². The summed E-state index contributed by atoms with van der Waals surface area (Å²) in [4.78, 5) is 4.15. The highest BCUT2D eigenvalue weighted by Gasteiger charge is 2.30. The molecular weight excluding hydrogens is 212 g/mol. The molecule has 90 valence electrons. The zero-order valence-corrected chi connectivity index (χ0v) is 11.3. The van der Waals surface area contributed by atoms with Gasteiger partial charge in [0.05, 0.1) is 17.1 Å². The predicted octanol–water partition coefficient (Wildman–Crippen LogP) is 1.21. The number of nitrogens with zero attached hydrogens (tertiary/aromatic N) is 1. The van der Waals surface area contributed by atoms with Crippen molar-refractivity contribution in [1.29, 1.82) is 0 Å². The first-order valence-corrected chi connectivity index (χ1v) is 6.77. The summed E-state index contributed by atoms with van der Waals surface area (Å²) in [5, 5.41) is 0. The van der Waals surface area contributed by atoms with Crippen molar-refractivity contribution < 1.29 is 8.42 Å². The third-order valence-electron chi connectivity index (χ3n) is 2.40. The van der Waals surface area contributed by atoms with E-state index in [4.69, 9.17) is 5.73 Å². The van der Waals surface area contributed by atoms with Crippen molar-refractivity contribution >= 4 is 15.7 Å². The van der Waals surface area contributed by atoms with Crippen molar-refractivity contribution in [2.75, 3.05) is 12.8 Å². The number of sulfone groups is 1. The maximum Gasteiger partial charge on any atom is 0.154 e. The van der Waals surface area contributed by atoms with Gasteiger partial charge in [0.2, 0.25) is 0 Å². The van der Waals surface area contributed by atoms with E-state index in [9.17, 15) is 8.42 Å². The SMILES string of the molecule is CC(C)(C)C(N)=NCC(C)(C)S(C)(=O)=O. The summed E-state index contributed by atoms with van der Waals surface area (Å²) in [5.74, 6) is 0.485. The normalized spacial score (nSPS) is 15.5. The molecule has 0 heterocycles. The van der Waals surface area contributed by atoms with E-state index in [2.05, 4.69) is 4.99 Å². The Bertz CT molecular complexity index is 348. The van der Waals surface area contributed by atoms with E-state index < -0.39 is 14.6 Å². The Labute approximate surface area is 92.9 Å². The van der Waals surface area contributed by atoms with E-state index in [-0.39, 0.29) is 12.0 Å². The van der Waals surface area contributed by atoms with Gasteiger partial charge in [-0.2, -0.15) is 0 Å². The number of aliphatic imine (C=N–C) groups is 1. The van der Waals surface area contributed by atoms with Gasteiger partial charge in [0.1, 0.15) is 0 Å². The highest BCUT2D eigenvalue weighted by molar-refractivity contribution is 7.92. The number of hydrogen-bond donors (Lipinski definition) is 1. The topological polar surface area (TPSA) is 72.5 Å². The molecule has 4 nitrogen and oxygen atoms in total. The summed E-state index contributed by atoms with van der Waals surface area (Å²) < 4.78 is 22.0. The highest BCUT2D eigenvalue weighted by atomic mass is 32.2. The van der Waals surface area contributed by atoms with E-state index in [1.54, 1.807) is 13.8 Å². The number of nitrogens with two attached hydrogens (primary N) is 1. The summed E-state index contributed by atoms with van der Waals surface area (Å²) in [6.07, 6.45) is 1.22. The van der Waals surface area contributed by atoms with Gasteiger partial charge in [0, 0.05) is 11.7 Å². The lowest BCUT2D eigenvalue weighted by molar-refractivity contribution is 0.547. The van der Waals surface area contributed by atoms with E-state index >= 15 is 0 Å². The van der Waals surface area contributed by atoms with E-state index in [0.29, 0.717) is 5.84 Å². The zero-order chi connectivity index (χ0) is 12.5. The predicted molar refractivity (Wildman–Crippen MR) is 64.9 cm³/mol. The minimum absolute atomic E-state index is 0.203. The lowest BCUT2D eigenvalue weighted by Gasteiger charge is -2.23. The molecule has 0 unspecified atom stereocenters. The molecular formula is C10H22N2O2S. The average molecular weight is 234 g/mol. The van der Waals surface area contributed by atoms with Crippen LogP contribution >= 0.6 is 0 Å². The number of amidine groups is 1. The van der Waals surface area contributed by atoms with Crippen molar-refractivity contribution in [3.63, 3.8) is 0 Å². The fraction of sp³-hybridized carbons (Fsp3) is 0.900. The molecule has 0 spiro atoms. The first kappa shape index (κ1) is 14.4. The molecule has 0 fully saturated rings. The summed E-state index contributed by atoms with van der Waals surface area (Å²) in [6.45, 7) is 9.34. The summed E-state index contributed by atoms with van der Waals surface area (Å²) in [6, 6.07) is 0.